The van der Waals surface area contributed by atoms with E-state index in [0.717, 1.165) is 5.56 Å². The molecule has 0 aromatic heterocycles. The van der Waals surface area contributed by atoms with Gasteiger partial charge in [0.2, 0.25) is 6.29 Å². The normalized spacial score (nSPS) is 40.1. The first-order valence-corrected chi connectivity index (χ1v) is 10.2. The van der Waals surface area contributed by atoms with E-state index in [2.05, 4.69) is 6.58 Å². The lowest BCUT2D eigenvalue weighted by Crippen LogP contribution is -2.62. The Morgan fingerprint density at radius 2 is 1.34 bits per heavy atom. The smallest absolute Gasteiger partial charge is 0.229 e. The van der Waals surface area contributed by atoms with E-state index in [4.69, 9.17) is 18.9 Å². The Morgan fingerprint density at radius 1 is 0.781 bits per heavy atom. The highest BCUT2D eigenvalue weighted by Crippen LogP contribution is 2.27. The molecule has 0 radical (unpaired) electrons. The fraction of sp³-hybridized carbons (Fsp3) is 0.619. The molecule has 0 spiro atoms. The molecule has 2 saturated heterocycles. The van der Waals surface area contributed by atoms with Crippen molar-refractivity contribution in [2.24, 2.45) is 0 Å². The second kappa shape index (κ2) is 11.0. The van der Waals surface area contributed by atoms with Gasteiger partial charge in [-0.25, -0.2) is 0 Å². The number of hydrogen-bond donors (Lipinski definition) is 7. The minimum absolute atomic E-state index is 0.360. The van der Waals surface area contributed by atoms with Gasteiger partial charge in [-0.15, -0.1) is 6.58 Å². The molecule has 2 fully saturated rings. The Hall–Kier alpha value is -1.64. The predicted octanol–water partition coefficient (Wildman–Crippen LogP) is -2.58. The molecule has 0 amide bonds. The van der Waals surface area contributed by atoms with E-state index >= 15 is 0 Å². The second-order valence-electron chi connectivity index (χ2n) is 7.80. The van der Waals surface area contributed by atoms with Gasteiger partial charge in [-0.2, -0.15) is 0 Å². The summed E-state index contributed by atoms with van der Waals surface area (Å²) in [5.41, 5.74) is 0.999. The van der Waals surface area contributed by atoms with E-state index in [1.54, 1.807) is 30.3 Å². The van der Waals surface area contributed by atoms with E-state index in [9.17, 15) is 35.7 Å². The van der Waals surface area contributed by atoms with Crippen LogP contribution in [0.5, 0.6) is 5.75 Å². The zero-order chi connectivity index (χ0) is 23.4. The summed E-state index contributed by atoms with van der Waals surface area (Å²) in [7, 11) is 0. The van der Waals surface area contributed by atoms with Crippen molar-refractivity contribution in [3.63, 3.8) is 0 Å². The first kappa shape index (κ1) is 25.0. The van der Waals surface area contributed by atoms with Gasteiger partial charge in [0.25, 0.3) is 0 Å². The van der Waals surface area contributed by atoms with Gasteiger partial charge in [-0.05, 0) is 24.1 Å². The minimum atomic E-state index is -1.63. The van der Waals surface area contributed by atoms with Gasteiger partial charge in [0.15, 0.2) is 6.29 Å². The molecule has 0 saturated carbocycles. The Bertz CT molecular complexity index is 727. The highest BCUT2D eigenvalue weighted by atomic mass is 16.7. The molecule has 2 aliphatic heterocycles. The van der Waals surface area contributed by atoms with Crippen molar-refractivity contribution in [2.45, 2.75) is 67.8 Å². The molecule has 1 aromatic rings. The molecule has 0 unspecified atom stereocenters. The summed E-state index contributed by atoms with van der Waals surface area (Å²) in [5.74, 6) is 0.360. The van der Waals surface area contributed by atoms with E-state index in [1.807, 2.05) is 0 Å². The third kappa shape index (κ3) is 5.46. The minimum Gasteiger partial charge on any atom is -0.462 e. The lowest BCUT2D eigenvalue weighted by atomic mass is 9.98. The Morgan fingerprint density at radius 3 is 1.94 bits per heavy atom. The molecule has 10 atom stereocenters. The number of benzene rings is 1. The highest BCUT2D eigenvalue weighted by molar-refractivity contribution is 5.28. The first-order valence-electron chi connectivity index (χ1n) is 10.2. The van der Waals surface area contributed by atoms with Gasteiger partial charge in [0.1, 0.15) is 54.6 Å². The fourth-order valence-electron chi connectivity index (χ4n) is 3.55. The van der Waals surface area contributed by atoms with E-state index in [1.165, 1.54) is 0 Å². The predicted molar refractivity (Wildman–Crippen MR) is 107 cm³/mol. The van der Waals surface area contributed by atoms with Crippen molar-refractivity contribution in [1.82, 2.24) is 0 Å². The lowest BCUT2D eigenvalue weighted by molar-refractivity contribution is -0.323. The summed E-state index contributed by atoms with van der Waals surface area (Å²) in [6, 6.07) is 6.92. The average molecular weight is 458 g/mol. The van der Waals surface area contributed by atoms with Crippen LogP contribution in [-0.2, 0) is 20.6 Å². The molecule has 0 aliphatic carbocycles. The van der Waals surface area contributed by atoms with Crippen LogP contribution in [0.3, 0.4) is 0 Å². The maximum atomic E-state index is 10.3. The summed E-state index contributed by atoms with van der Waals surface area (Å²) in [6.45, 7) is 2.62. The zero-order valence-electron chi connectivity index (χ0n) is 17.3. The SMILES string of the molecule is C=CCc1ccc(O[C@H]2O[C@@H](CO[C@H]3O[C@@H](CO)[C@@H](O)[C@H](O)[C@@H]3O)[C@@H](O)[C@H](O)[C@@H]2O)cc1. The summed E-state index contributed by atoms with van der Waals surface area (Å²) in [6.07, 6.45) is -12.2. The molecule has 32 heavy (non-hydrogen) atoms. The van der Waals surface area contributed by atoms with Crippen molar-refractivity contribution in [3.05, 3.63) is 42.5 Å². The topological polar surface area (TPSA) is 179 Å². The fourth-order valence-corrected chi connectivity index (χ4v) is 3.55. The summed E-state index contributed by atoms with van der Waals surface area (Å²) in [5, 5.41) is 69.7. The van der Waals surface area contributed by atoms with Crippen molar-refractivity contribution in [2.75, 3.05) is 13.2 Å². The highest BCUT2D eigenvalue weighted by Gasteiger charge is 2.47. The quantitative estimate of drug-likeness (QED) is 0.203. The Balaban J connectivity index is 1.62. The number of aliphatic hydroxyl groups excluding tert-OH is 7. The van der Waals surface area contributed by atoms with Crippen LogP contribution >= 0.6 is 0 Å². The van der Waals surface area contributed by atoms with Gasteiger partial charge < -0.3 is 54.7 Å². The van der Waals surface area contributed by atoms with Crippen molar-refractivity contribution < 1.29 is 54.7 Å². The Labute approximate surface area is 184 Å². The monoisotopic (exact) mass is 458 g/mol. The van der Waals surface area contributed by atoms with Crippen LogP contribution in [0, 0.1) is 0 Å². The van der Waals surface area contributed by atoms with Crippen LogP contribution in [-0.4, -0.2) is 110 Å². The maximum absolute atomic E-state index is 10.3. The number of aliphatic hydroxyl groups is 7. The molecule has 0 bridgehead atoms. The summed E-state index contributed by atoms with van der Waals surface area (Å²) < 4.78 is 21.8. The van der Waals surface area contributed by atoms with Gasteiger partial charge in [0.05, 0.1) is 13.2 Å². The van der Waals surface area contributed by atoms with Gasteiger partial charge >= 0.3 is 0 Å². The largest absolute Gasteiger partial charge is 0.462 e. The van der Waals surface area contributed by atoms with Crippen LogP contribution in [0.2, 0.25) is 0 Å². The maximum Gasteiger partial charge on any atom is 0.229 e. The molecule has 7 N–H and O–H groups in total. The Kier molecular flexibility index (Phi) is 8.58. The van der Waals surface area contributed by atoms with Crippen LogP contribution < -0.4 is 4.74 Å². The average Bonchev–Trinajstić information content (AvgIpc) is 2.79. The van der Waals surface area contributed by atoms with Gasteiger partial charge in [-0.1, -0.05) is 18.2 Å². The van der Waals surface area contributed by atoms with E-state index < -0.39 is 74.6 Å². The van der Waals surface area contributed by atoms with Crippen LogP contribution in [0.15, 0.2) is 36.9 Å². The van der Waals surface area contributed by atoms with Crippen LogP contribution in [0.1, 0.15) is 5.56 Å². The van der Waals surface area contributed by atoms with E-state index in [0.29, 0.717) is 12.2 Å². The molecule has 11 nitrogen and oxygen atoms in total. The van der Waals surface area contributed by atoms with Gasteiger partial charge in [0, 0.05) is 0 Å². The second-order valence-corrected chi connectivity index (χ2v) is 7.80. The molecular weight excluding hydrogens is 428 g/mol. The summed E-state index contributed by atoms with van der Waals surface area (Å²) >= 11 is 0. The number of hydrogen-bond acceptors (Lipinski definition) is 11. The van der Waals surface area contributed by atoms with E-state index in [-0.39, 0.29) is 0 Å². The molecular formula is C21H30O11. The molecule has 1 aromatic carbocycles. The molecule has 2 heterocycles. The van der Waals surface area contributed by atoms with Crippen LogP contribution in [0.25, 0.3) is 0 Å². The standard InChI is InChI=1S/C21H30O11/c1-2-3-10-4-6-11(7-5-10)30-21-19(28)17(26)15(24)13(32-21)9-29-20-18(27)16(25)14(23)12(8-22)31-20/h2,4-7,12-28H,1,3,8-9H2/t12-,13-,14+,15+,16-,17-,18-,19-,20-,21-/m0/s1. The molecule has 11 heteroatoms. The third-order valence-corrected chi connectivity index (χ3v) is 5.50. The number of ether oxygens (including phenoxy) is 4. The van der Waals surface area contributed by atoms with Crippen LogP contribution in [0.4, 0.5) is 0 Å². The first-order chi connectivity index (χ1) is 15.3. The van der Waals surface area contributed by atoms with Crippen molar-refractivity contribution in [1.29, 1.82) is 0 Å². The van der Waals surface area contributed by atoms with Gasteiger partial charge in [-0.3, -0.25) is 0 Å². The number of rotatable bonds is 8. The molecule has 2 aliphatic rings. The lowest BCUT2D eigenvalue weighted by Gasteiger charge is -2.42. The molecule has 180 valence electrons. The zero-order valence-corrected chi connectivity index (χ0v) is 17.3. The van der Waals surface area contributed by atoms with Crippen molar-refractivity contribution in [3.8, 4) is 5.75 Å². The molecule has 3 rings (SSSR count). The third-order valence-electron chi connectivity index (χ3n) is 5.50. The van der Waals surface area contributed by atoms with Crippen molar-refractivity contribution >= 4 is 0 Å². The summed E-state index contributed by atoms with van der Waals surface area (Å²) in [4.78, 5) is 0. The number of allylic oxidation sites excluding steroid dienone is 1.